The summed E-state index contributed by atoms with van der Waals surface area (Å²) in [5.41, 5.74) is 3.52. The van der Waals surface area contributed by atoms with Gasteiger partial charge >= 0.3 is 0 Å². The first kappa shape index (κ1) is 24.0. The molecule has 2 saturated heterocycles. The van der Waals surface area contributed by atoms with E-state index in [0.717, 1.165) is 49.4 Å². The van der Waals surface area contributed by atoms with E-state index >= 15 is 0 Å². The maximum Gasteiger partial charge on any atom is 0.194 e. The summed E-state index contributed by atoms with van der Waals surface area (Å²) in [7, 11) is 0. The molecule has 0 bridgehead atoms. The first-order valence-corrected chi connectivity index (χ1v) is 11.5. The number of hydrogen-bond acceptors (Lipinski definition) is 3. The molecule has 2 aliphatic rings. The van der Waals surface area contributed by atoms with Gasteiger partial charge in [-0.15, -0.1) is 24.0 Å². The highest BCUT2D eigenvalue weighted by atomic mass is 127. The fourth-order valence-corrected chi connectivity index (χ4v) is 4.98. The third kappa shape index (κ3) is 6.42. The third-order valence-corrected chi connectivity index (χ3v) is 6.38. The predicted molar refractivity (Wildman–Crippen MR) is 139 cm³/mol. The Morgan fingerprint density at radius 1 is 1.10 bits per heavy atom. The minimum absolute atomic E-state index is 0. The maximum atomic E-state index is 4.93. The molecule has 2 aliphatic heterocycles. The number of fused-ring (bicyclic) bond motifs is 1. The highest BCUT2D eigenvalue weighted by Crippen LogP contribution is 2.31. The minimum atomic E-state index is 0. The van der Waals surface area contributed by atoms with Crippen molar-refractivity contribution < 1.29 is 0 Å². The van der Waals surface area contributed by atoms with Gasteiger partial charge < -0.3 is 10.2 Å². The van der Waals surface area contributed by atoms with Crippen molar-refractivity contribution in [3.05, 3.63) is 65.5 Å². The summed E-state index contributed by atoms with van der Waals surface area (Å²) in [4.78, 5) is 14.7. The van der Waals surface area contributed by atoms with Gasteiger partial charge in [-0.1, -0.05) is 36.4 Å². The van der Waals surface area contributed by atoms with Gasteiger partial charge in [0.1, 0.15) is 0 Å². The summed E-state index contributed by atoms with van der Waals surface area (Å²) in [5, 5.41) is 3.52. The van der Waals surface area contributed by atoms with E-state index in [0.29, 0.717) is 12.6 Å². The van der Waals surface area contributed by atoms with Gasteiger partial charge in [0.05, 0.1) is 12.2 Å². The van der Waals surface area contributed by atoms with Crippen molar-refractivity contribution in [3.63, 3.8) is 0 Å². The first-order valence-electron chi connectivity index (χ1n) is 11.5. The van der Waals surface area contributed by atoms with Crippen molar-refractivity contribution in [3.8, 4) is 0 Å². The Kier molecular flexibility index (Phi) is 9.14. The van der Waals surface area contributed by atoms with Crippen LogP contribution in [-0.2, 0) is 13.1 Å². The summed E-state index contributed by atoms with van der Waals surface area (Å²) in [6.45, 7) is 10.2. The number of nitrogens with zero attached hydrogens (tertiary/aromatic N) is 4. The Balaban J connectivity index is 0.00000272. The molecule has 2 fully saturated rings. The minimum Gasteiger partial charge on any atom is -0.357 e. The number of benzene rings is 1. The fraction of sp³-hybridized carbons (Fsp3) is 0.520. The molecule has 1 aromatic carbocycles. The van der Waals surface area contributed by atoms with E-state index in [4.69, 9.17) is 4.99 Å². The second-order valence-corrected chi connectivity index (χ2v) is 8.60. The number of nitrogens with one attached hydrogen (secondary N) is 1. The molecule has 0 saturated carbocycles. The number of hydrogen-bond donors (Lipinski definition) is 1. The molecule has 2 aromatic rings. The van der Waals surface area contributed by atoms with E-state index in [1.54, 1.807) is 0 Å². The van der Waals surface area contributed by atoms with Crippen molar-refractivity contribution in [2.75, 3.05) is 26.2 Å². The van der Waals surface area contributed by atoms with Crippen molar-refractivity contribution in [2.24, 2.45) is 10.9 Å². The molecule has 0 radical (unpaired) electrons. The number of aliphatic imine (C=N–C) groups is 1. The average Bonchev–Trinajstić information content (AvgIpc) is 2.77. The van der Waals surface area contributed by atoms with Gasteiger partial charge in [-0.05, 0) is 63.3 Å². The molecule has 0 aliphatic carbocycles. The summed E-state index contributed by atoms with van der Waals surface area (Å²) < 4.78 is 0. The first-order chi connectivity index (χ1) is 14.7. The van der Waals surface area contributed by atoms with E-state index in [1.165, 1.54) is 31.4 Å². The van der Waals surface area contributed by atoms with E-state index < -0.39 is 0 Å². The molecule has 2 atom stereocenters. The number of piperidine rings is 2. The zero-order valence-electron chi connectivity index (χ0n) is 18.8. The molecule has 168 valence electrons. The third-order valence-electron chi connectivity index (χ3n) is 6.38. The lowest BCUT2D eigenvalue weighted by Gasteiger charge is -2.48. The lowest BCUT2D eigenvalue weighted by Crippen LogP contribution is -2.56. The predicted octanol–water partition coefficient (Wildman–Crippen LogP) is 4.46. The standard InChI is InChI=1S/C25H35N5.HI/c1-3-26-25(27-17-23-13-7-9-20(2)28-23)30-16-14-24-22(19-30)12-8-15-29(24)18-21-10-5-4-6-11-21;/h4-7,9-11,13,22,24H,3,8,12,14-19H2,1-2H3,(H,26,27);1H. The van der Waals surface area contributed by atoms with Gasteiger partial charge in [0.15, 0.2) is 5.96 Å². The zero-order chi connectivity index (χ0) is 20.8. The number of guanidine groups is 1. The highest BCUT2D eigenvalue weighted by molar-refractivity contribution is 14.0. The summed E-state index contributed by atoms with van der Waals surface area (Å²) in [6.07, 6.45) is 3.83. The van der Waals surface area contributed by atoms with Crippen LogP contribution in [0.15, 0.2) is 53.5 Å². The number of pyridine rings is 1. The van der Waals surface area contributed by atoms with Gasteiger partial charge in [0.25, 0.3) is 0 Å². The van der Waals surface area contributed by atoms with Gasteiger partial charge in [-0.2, -0.15) is 0 Å². The average molecular weight is 534 g/mol. The number of aryl methyl sites for hydroxylation is 1. The van der Waals surface area contributed by atoms with Crippen molar-refractivity contribution >= 4 is 29.9 Å². The molecular weight excluding hydrogens is 497 g/mol. The number of likely N-dealkylation sites (tertiary alicyclic amines) is 2. The number of halogens is 1. The SMILES string of the molecule is CCNC(=NCc1cccc(C)n1)N1CCC2C(CCCN2Cc2ccccc2)C1.I. The summed E-state index contributed by atoms with van der Waals surface area (Å²) >= 11 is 0. The van der Waals surface area contributed by atoms with Crippen molar-refractivity contribution in [2.45, 2.75) is 52.2 Å². The molecule has 5 nitrogen and oxygen atoms in total. The summed E-state index contributed by atoms with van der Waals surface area (Å²) in [6, 6.07) is 17.8. The molecule has 1 N–H and O–H groups in total. The van der Waals surface area contributed by atoms with Crippen LogP contribution in [-0.4, -0.2) is 53.0 Å². The van der Waals surface area contributed by atoms with Crippen LogP contribution in [0.2, 0.25) is 0 Å². The Bertz CT molecular complexity index is 841. The molecule has 6 heteroatoms. The van der Waals surface area contributed by atoms with E-state index in [2.05, 4.69) is 69.5 Å². The topological polar surface area (TPSA) is 43.8 Å². The molecular formula is C25H36IN5. The van der Waals surface area contributed by atoms with Crippen molar-refractivity contribution in [1.82, 2.24) is 20.1 Å². The Hall–Kier alpha value is -1.67. The lowest BCUT2D eigenvalue weighted by atomic mass is 9.83. The van der Waals surface area contributed by atoms with Crippen LogP contribution in [0.5, 0.6) is 0 Å². The van der Waals surface area contributed by atoms with Crippen LogP contribution in [0.4, 0.5) is 0 Å². The van der Waals surface area contributed by atoms with Gasteiger partial charge in [0.2, 0.25) is 0 Å². The lowest BCUT2D eigenvalue weighted by molar-refractivity contribution is 0.0372. The van der Waals surface area contributed by atoms with Crippen LogP contribution in [0.25, 0.3) is 0 Å². The highest BCUT2D eigenvalue weighted by Gasteiger charge is 2.36. The van der Waals surface area contributed by atoms with Crippen LogP contribution in [0.3, 0.4) is 0 Å². The monoisotopic (exact) mass is 533 g/mol. The molecule has 0 amide bonds. The van der Waals surface area contributed by atoms with E-state index in [1.807, 2.05) is 13.0 Å². The van der Waals surface area contributed by atoms with Gasteiger partial charge in [0, 0.05) is 37.9 Å². The van der Waals surface area contributed by atoms with Gasteiger partial charge in [-0.25, -0.2) is 4.99 Å². The quantitative estimate of drug-likeness (QED) is 0.350. The molecule has 2 unspecified atom stereocenters. The van der Waals surface area contributed by atoms with E-state index in [9.17, 15) is 0 Å². The largest absolute Gasteiger partial charge is 0.357 e. The number of aromatic nitrogens is 1. The van der Waals surface area contributed by atoms with Crippen LogP contribution in [0.1, 0.15) is 43.1 Å². The molecule has 0 spiro atoms. The Labute approximate surface area is 204 Å². The van der Waals surface area contributed by atoms with Crippen LogP contribution in [0, 0.1) is 12.8 Å². The summed E-state index contributed by atoms with van der Waals surface area (Å²) in [5.74, 6) is 1.76. The number of rotatable bonds is 5. The molecule has 3 heterocycles. The van der Waals surface area contributed by atoms with E-state index in [-0.39, 0.29) is 24.0 Å². The fourth-order valence-electron chi connectivity index (χ4n) is 4.98. The normalized spacial score (nSPS) is 21.9. The van der Waals surface area contributed by atoms with Crippen molar-refractivity contribution in [1.29, 1.82) is 0 Å². The second kappa shape index (κ2) is 11.8. The molecule has 4 rings (SSSR count). The Morgan fingerprint density at radius 2 is 1.94 bits per heavy atom. The maximum absolute atomic E-state index is 4.93. The van der Waals surface area contributed by atoms with Gasteiger partial charge in [-0.3, -0.25) is 9.88 Å². The zero-order valence-corrected chi connectivity index (χ0v) is 21.2. The van der Waals surface area contributed by atoms with Crippen LogP contribution < -0.4 is 5.32 Å². The second-order valence-electron chi connectivity index (χ2n) is 8.60. The molecule has 1 aromatic heterocycles. The van der Waals surface area contributed by atoms with Crippen LogP contribution >= 0.6 is 24.0 Å². The molecule has 31 heavy (non-hydrogen) atoms. The smallest absolute Gasteiger partial charge is 0.194 e. The Morgan fingerprint density at radius 3 is 2.71 bits per heavy atom.